The highest BCUT2D eigenvalue weighted by Crippen LogP contribution is 2.43. The summed E-state index contributed by atoms with van der Waals surface area (Å²) < 4.78 is 5.05. The van der Waals surface area contributed by atoms with Crippen molar-refractivity contribution in [3.8, 4) is 0 Å². The molecule has 0 amide bonds. The maximum Gasteiger partial charge on any atom is 0.316 e. The summed E-state index contributed by atoms with van der Waals surface area (Å²) in [5, 5.41) is 2.70. The lowest BCUT2D eigenvalue weighted by Crippen LogP contribution is -2.07. The molecular formula is C23H23NO2S. The van der Waals surface area contributed by atoms with Crippen molar-refractivity contribution in [3.05, 3.63) is 71.5 Å². The molecule has 1 aliphatic carbocycles. The van der Waals surface area contributed by atoms with Crippen molar-refractivity contribution in [2.75, 3.05) is 12.4 Å². The number of ether oxygens (including phenoxy) is 1. The van der Waals surface area contributed by atoms with Gasteiger partial charge in [0.25, 0.3) is 0 Å². The maximum atomic E-state index is 11.7. The van der Waals surface area contributed by atoms with Crippen LogP contribution in [-0.2, 0) is 16.0 Å². The number of thioether (sulfide) groups is 1. The summed E-state index contributed by atoms with van der Waals surface area (Å²) in [6.45, 7) is 2.25. The Morgan fingerprint density at radius 2 is 1.93 bits per heavy atom. The molecule has 0 radical (unpaired) electrons. The minimum absolute atomic E-state index is 0.176. The Labute approximate surface area is 164 Å². The van der Waals surface area contributed by atoms with E-state index in [0.717, 1.165) is 22.8 Å². The number of esters is 1. The molecule has 4 heteroatoms. The molecule has 1 aliphatic rings. The minimum Gasteiger partial charge on any atom is -0.465 e. The van der Waals surface area contributed by atoms with E-state index in [9.17, 15) is 4.79 Å². The van der Waals surface area contributed by atoms with E-state index in [1.807, 2.05) is 19.2 Å². The van der Waals surface area contributed by atoms with Gasteiger partial charge in [-0.1, -0.05) is 36.4 Å². The SMILES string of the molecule is CCOC(=O)CSc1ccncc1Cc1ccc(C2CC2)c2ccccc12. The summed E-state index contributed by atoms with van der Waals surface area (Å²) in [5.41, 5.74) is 3.94. The molecule has 2 aromatic carbocycles. The highest BCUT2D eigenvalue weighted by atomic mass is 32.2. The molecule has 4 rings (SSSR count). The molecule has 0 spiro atoms. The van der Waals surface area contributed by atoms with Crippen LogP contribution in [0.25, 0.3) is 10.8 Å². The smallest absolute Gasteiger partial charge is 0.316 e. The maximum absolute atomic E-state index is 11.7. The number of carbonyl (C=O) groups excluding carboxylic acids is 1. The van der Waals surface area contributed by atoms with E-state index >= 15 is 0 Å². The second-order valence-electron chi connectivity index (χ2n) is 6.89. The van der Waals surface area contributed by atoms with Crippen LogP contribution in [0.2, 0.25) is 0 Å². The molecule has 138 valence electrons. The van der Waals surface area contributed by atoms with Crippen LogP contribution in [-0.4, -0.2) is 23.3 Å². The largest absolute Gasteiger partial charge is 0.465 e. The average Bonchev–Trinajstić information content (AvgIpc) is 3.53. The predicted octanol–water partition coefficient (Wildman–Crippen LogP) is 5.36. The number of rotatable bonds is 7. The van der Waals surface area contributed by atoms with E-state index in [-0.39, 0.29) is 5.97 Å². The predicted molar refractivity (Wildman–Crippen MR) is 110 cm³/mol. The monoisotopic (exact) mass is 377 g/mol. The molecular weight excluding hydrogens is 354 g/mol. The van der Waals surface area contributed by atoms with Crippen molar-refractivity contribution in [3.63, 3.8) is 0 Å². The van der Waals surface area contributed by atoms with Crippen molar-refractivity contribution in [1.29, 1.82) is 0 Å². The summed E-state index contributed by atoms with van der Waals surface area (Å²) in [5.74, 6) is 0.884. The first kappa shape index (κ1) is 18.1. The number of aromatic nitrogens is 1. The van der Waals surface area contributed by atoms with E-state index in [2.05, 4.69) is 41.4 Å². The van der Waals surface area contributed by atoms with Gasteiger partial charge < -0.3 is 4.74 Å². The van der Waals surface area contributed by atoms with Crippen LogP contribution in [0.15, 0.2) is 59.8 Å². The number of hydrogen-bond donors (Lipinski definition) is 0. The Morgan fingerprint density at radius 3 is 2.70 bits per heavy atom. The second kappa shape index (κ2) is 8.13. The molecule has 0 N–H and O–H groups in total. The lowest BCUT2D eigenvalue weighted by molar-refractivity contribution is -0.139. The zero-order valence-corrected chi connectivity index (χ0v) is 16.3. The molecule has 3 nitrogen and oxygen atoms in total. The van der Waals surface area contributed by atoms with Gasteiger partial charge in [0.05, 0.1) is 12.4 Å². The molecule has 0 aliphatic heterocycles. The molecule has 0 bridgehead atoms. The quantitative estimate of drug-likeness (QED) is 0.410. The lowest BCUT2D eigenvalue weighted by Gasteiger charge is -2.13. The van der Waals surface area contributed by atoms with Gasteiger partial charge in [0, 0.05) is 23.7 Å². The zero-order chi connectivity index (χ0) is 18.6. The second-order valence-corrected chi connectivity index (χ2v) is 7.90. The summed E-state index contributed by atoms with van der Waals surface area (Å²) in [4.78, 5) is 17.1. The standard InChI is InChI=1S/C23H23NO2S/c1-2-26-23(25)15-27-22-11-12-24-14-18(22)13-17-9-10-20(16-7-8-16)21-6-4-3-5-19(17)21/h3-6,9-12,14,16H,2,7-8,13,15H2,1H3. The van der Waals surface area contributed by atoms with Crippen LogP contribution >= 0.6 is 11.8 Å². The first-order chi connectivity index (χ1) is 13.3. The Kier molecular flexibility index (Phi) is 5.44. The van der Waals surface area contributed by atoms with Crippen LogP contribution in [0.5, 0.6) is 0 Å². The Morgan fingerprint density at radius 1 is 1.11 bits per heavy atom. The van der Waals surface area contributed by atoms with Crippen molar-refractivity contribution in [2.45, 2.75) is 37.0 Å². The third-order valence-corrected chi connectivity index (χ3v) is 6.05. The third kappa shape index (κ3) is 4.16. The topological polar surface area (TPSA) is 39.2 Å². The highest BCUT2D eigenvalue weighted by Gasteiger charge is 2.25. The number of fused-ring (bicyclic) bond motifs is 1. The summed E-state index contributed by atoms with van der Waals surface area (Å²) in [6, 6.07) is 15.3. The molecule has 0 atom stereocenters. The van der Waals surface area contributed by atoms with Crippen LogP contribution < -0.4 is 0 Å². The number of pyridine rings is 1. The summed E-state index contributed by atoms with van der Waals surface area (Å²) in [7, 11) is 0. The minimum atomic E-state index is -0.176. The van der Waals surface area contributed by atoms with Crippen LogP contribution in [0, 0.1) is 0 Å². The molecule has 27 heavy (non-hydrogen) atoms. The first-order valence-corrected chi connectivity index (χ1v) is 10.5. The van der Waals surface area contributed by atoms with E-state index in [1.54, 1.807) is 6.20 Å². The normalized spacial score (nSPS) is 13.7. The lowest BCUT2D eigenvalue weighted by atomic mass is 9.94. The van der Waals surface area contributed by atoms with E-state index in [4.69, 9.17) is 4.74 Å². The fourth-order valence-corrected chi connectivity index (χ4v) is 4.35. The van der Waals surface area contributed by atoms with Gasteiger partial charge in [-0.2, -0.15) is 0 Å². The number of nitrogens with zero attached hydrogens (tertiary/aromatic N) is 1. The highest BCUT2D eigenvalue weighted by molar-refractivity contribution is 8.00. The number of hydrogen-bond acceptors (Lipinski definition) is 4. The third-order valence-electron chi connectivity index (χ3n) is 4.96. The van der Waals surface area contributed by atoms with Gasteiger partial charge in [-0.15, -0.1) is 11.8 Å². The van der Waals surface area contributed by atoms with Crippen LogP contribution in [0.3, 0.4) is 0 Å². The van der Waals surface area contributed by atoms with E-state index in [1.165, 1.54) is 46.5 Å². The van der Waals surface area contributed by atoms with E-state index < -0.39 is 0 Å². The molecule has 0 saturated heterocycles. The molecule has 0 unspecified atom stereocenters. The van der Waals surface area contributed by atoms with Gasteiger partial charge in [0.15, 0.2) is 0 Å². The summed E-state index contributed by atoms with van der Waals surface area (Å²) >= 11 is 1.52. The number of carbonyl (C=O) groups is 1. The fourth-order valence-electron chi connectivity index (χ4n) is 3.52. The van der Waals surface area contributed by atoms with E-state index in [0.29, 0.717) is 12.4 Å². The van der Waals surface area contributed by atoms with Crippen LogP contribution in [0.1, 0.15) is 42.4 Å². The Bertz CT molecular complexity index is 966. The molecule has 1 heterocycles. The first-order valence-electron chi connectivity index (χ1n) is 9.48. The summed E-state index contributed by atoms with van der Waals surface area (Å²) in [6.07, 6.45) is 7.12. The van der Waals surface area contributed by atoms with Gasteiger partial charge in [0.2, 0.25) is 0 Å². The van der Waals surface area contributed by atoms with Crippen molar-refractivity contribution in [1.82, 2.24) is 4.98 Å². The Balaban J connectivity index is 1.61. The van der Waals surface area contributed by atoms with Gasteiger partial charge >= 0.3 is 5.97 Å². The van der Waals surface area contributed by atoms with Gasteiger partial charge in [-0.05, 0) is 59.2 Å². The molecule has 1 saturated carbocycles. The molecule has 1 aromatic heterocycles. The van der Waals surface area contributed by atoms with Crippen LogP contribution in [0.4, 0.5) is 0 Å². The fraction of sp³-hybridized carbons (Fsp3) is 0.304. The Hall–Kier alpha value is -2.33. The van der Waals surface area contributed by atoms with Crippen molar-refractivity contribution >= 4 is 28.5 Å². The zero-order valence-electron chi connectivity index (χ0n) is 15.5. The van der Waals surface area contributed by atoms with Crippen molar-refractivity contribution < 1.29 is 9.53 Å². The molecule has 1 fully saturated rings. The van der Waals surface area contributed by atoms with Gasteiger partial charge in [0.1, 0.15) is 0 Å². The van der Waals surface area contributed by atoms with Gasteiger partial charge in [-0.25, -0.2) is 0 Å². The van der Waals surface area contributed by atoms with Crippen molar-refractivity contribution in [2.24, 2.45) is 0 Å². The molecule has 3 aromatic rings. The number of benzene rings is 2. The van der Waals surface area contributed by atoms with Gasteiger partial charge in [-0.3, -0.25) is 9.78 Å². The average molecular weight is 378 g/mol.